The number of rotatable bonds is 12. The summed E-state index contributed by atoms with van der Waals surface area (Å²) in [5, 5.41) is 15.2. The van der Waals surface area contributed by atoms with Crippen LogP contribution in [0.2, 0.25) is 0 Å². The molecule has 3 aromatic heterocycles. The second-order valence-corrected chi connectivity index (χ2v) is 12.5. The van der Waals surface area contributed by atoms with E-state index in [-0.39, 0.29) is 0 Å². The van der Waals surface area contributed by atoms with Gasteiger partial charge in [0.05, 0.1) is 37.1 Å². The first-order valence-corrected chi connectivity index (χ1v) is 14.2. The zero-order valence-corrected chi connectivity index (χ0v) is 25.4. The maximum Gasteiger partial charge on any atom is 0.0961 e. The van der Waals surface area contributed by atoms with E-state index in [9.17, 15) is 0 Å². The lowest BCUT2D eigenvalue weighted by molar-refractivity contribution is 0.0997. The quantitative estimate of drug-likeness (QED) is 0.252. The smallest absolute Gasteiger partial charge is 0.0961 e. The zero-order valence-electron chi connectivity index (χ0n) is 25.4. The van der Waals surface area contributed by atoms with Crippen molar-refractivity contribution in [3.05, 3.63) is 52.4 Å². The van der Waals surface area contributed by atoms with Crippen LogP contribution in [0.15, 0.2) is 18.2 Å². The molecule has 3 heterocycles. The van der Waals surface area contributed by atoms with E-state index < -0.39 is 0 Å². The first-order valence-electron chi connectivity index (χ1n) is 14.2. The number of aromatic nitrogens is 6. The predicted octanol–water partition coefficient (Wildman–Crippen LogP) is 7.59. The van der Waals surface area contributed by atoms with Crippen molar-refractivity contribution in [3.8, 4) is 0 Å². The topological polar surface area (TPSA) is 56.7 Å². The molecule has 7 heteroatoms. The first-order chi connectivity index (χ1) is 17.3. The van der Waals surface area contributed by atoms with E-state index >= 15 is 0 Å². The van der Waals surface area contributed by atoms with Crippen molar-refractivity contribution in [2.45, 2.75) is 139 Å². The number of hydrogen-bond donors (Lipinski definition) is 0. The molecule has 0 fully saturated rings. The summed E-state index contributed by atoms with van der Waals surface area (Å²) in [5.74, 6) is 2.38. The highest BCUT2D eigenvalue weighted by molar-refractivity contribution is 5.18. The van der Waals surface area contributed by atoms with Crippen molar-refractivity contribution in [2.75, 3.05) is 0 Å². The molecule has 0 atom stereocenters. The third-order valence-corrected chi connectivity index (χ3v) is 7.04. The fourth-order valence-corrected chi connectivity index (χ4v) is 4.64. The molecule has 0 aliphatic carbocycles. The SMILES string of the molecule is CC(C)c1cc(C(C)C)n(CN(Cn2nc(C(C)C)cc2C(C)C)Cn2nc(C(C)C)cc2C(C)C)n1. The molecule has 0 aromatic carbocycles. The summed E-state index contributed by atoms with van der Waals surface area (Å²) < 4.78 is 6.59. The minimum Gasteiger partial charge on any atom is -0.255 e. The molecule has 3 rings (SSSR count). The van der Waals surface area contributed by atoms with Gasteiger partial charge in [-0.25, -0.2) is 4.90 Å². The average molecular weight is 510 g/mol. The minimum absolute atomic E-state index is 0.395. The maximum atomic E-state index is 5.05. The van der Waals surface area contributed by atoms with Crippen LogP contribution in [-0.2, 0) is 20.0 Å². The highest BCUT2D eigenvalue weighted by atomic mass is 15.5. The molecule has 0 saturated heterocycles. The van der Waals surface area contributed by atoms with Crippen LogP contribution in [-0.4, -0.2) is 34.2 Å². The van der Waals surface area contributed by atoms with Gasteiger partial charge in [-0.15, -0.1) is 0 Å². The van der Waals surface area contributed by atoms with Crippen LogP contribution in [0.25, 0.3) is 0 Å². The van der Waals surface area contributed by atoms with Gasteiger partial charge in [0, 0.05) is 17.1 Å². The van der Waals surface area contributed by atoms with Gasteiger partial charge in [-0.3, -0.25) is 14.0 Å². The molecule has 0 unspecified atom stereocenters. The van der Waals surface area contributed by atoms with Gasteiger partial charge < -0.3 is 0 Å². The van der Waals surface area contributed by atoms with E-state index in [0.29, 0.717) is 55.5 Å². The van der Waals surface area contributed by atoms with E-state index in [1.54, 1.807) is 0 Å². The molecular weight excluding hydrogens is 458 g/mol. The highest BCUT2D eigenvalue weighted by Crippen LogP contribution is 2.25. The van der Waals surface area contributed by atoms with Gasteiger partial charge in [0.2, 0.25) is 0 Å². The molecular formula is C30H51N7. The summed E-state index contributed by atoms with van der Waals surface area (Å²) >= 11 is 0. The van der Waals surface area contributed by atoms with Gasteiger partial charge in [-0.1, -0.05) is 83.1 Å². The Morgan fingerprint density at radius 3 is 0.892 bits per heavy atom. The van der Waals surface area contributed by atoms with E-state index in [2.05, 4.69) is 120 Å². The van der Waals surface area contributed by atoms with Crippen LogP contribution in [0.5, 0.6) is 0 Å². The summed E-state index contributed by atoms with van der Waals surface area (Å²) in [6, 6.07) is 6.84. The van der Waals surface area contributed by atoms with E-state index in [4.69, 9.17) is 15.3 Å². The van der Waals surface area contributed by atoms with Crippen LogP contribution >= 0.6 is 0 Å². The molecule has 0 spiro atoms. The summed E-state index contributed by atoms with van der Waals surface area (Å²) in [7, 11) is 0. The third-order valence-electron chi connectivity index (χ3n) is 7.04. The van der Waals surface area contributed by atoms with Gasteiger partial charge in [0.1, 0.15) is 0 Å². The van der Waals surface area contributed by atoms with Crippen molar-refractivity contribution in [3.63, 3.8) is 0 Å². The van der Waals surface area contributed by atoms with Crippen LogP contribution < -0.4 is 0 Å². The average Bonchev–Trinajstić information content (AvgIpc) is 3.50. The maximum absolute atomic E-state index is 5.05. The lowest BCUT2D eigenvalue weighted by Crippen LogP contribution is -2.34. The molecule has 0 radical (unpaired) electrons. The van der Waals surface area contributed by atoms with E-state index in [1.807, 2.05) is 0 Å². The molecule has 37 heavy (non-hydrogen) atoms. The van der Waals surface area contributed by atoms with Crippen molar-refractivity contribution >= 4 is 0 Å². The van der Waals surface area contributed by atoms with Gasteiger partial charge in [0.15, 0.2) is 0 Å². The normalized spacial score (nSPS) is 12.7. The van der Waals surface area contributed by atoms with Crippen LogP contribution in [0.3, 0.4) is 0 Å². The summed E-state index contributed by atoms with van der Waals surface area (Å²) in [6.07, 6.45) is 0. The molecule has 0 aliphatic heterocycles. The summed E-state index contributed by atoms with van der Waals surface area (Å²) in [5.41, 5.74) is 7.26. The fourth-order valence-electron chi connectivity index (χ4n) is 4.64. The Kier molecular flexibility index (Phi) is 9.43. The van der Waals surface area contributed by atoms with E-state index in [0.717, 1.165) is 17.1 Å². The molecule has 0 saturated carbocycles. The molecule has 0 amide bonds. The van der Waals surface area contributed by atoms with Crippen molar-refractivity contribution in [2.24, 2.45) is 0 Å². The minimum atomic E-state index is 0.395. The van der Waals surface area contributed by atoms with Gasteiger partial charge in [0.25, 0.3) is 0 Å². The second kappa shape index (κ2) is 12.0. The van der Waals surface area contributed by atoms with Crippen molar-refractivity contribution < 1.29 is 0 Å². The van der Waals surface area contributed by atoms with Crippen LogP contribution in [0.1, 0.15) is 153 Å². The Hall–Kier alpha value is -2.41. The standard InChI is InChI=1S/C30H51N7/c1-19(2)25-13-28(22(7)8)35(31-25)16-34(17-36-29(23(9)10)14-26(32-36)20(3)4)18-37-30(24(11)12)15-27(33-37)21(5)6/h13-15,19-24H,16-18H2,1-12H3. The Morgan fingerprint density at radius 2 is 0.703 bits per heavy atom. The first kappa shape index (κ1) is 29.2. The Bertz CT molecular complexity index is 998. The Balaban J connectivity index is 2.05. The largest absolute Gasteiger partial charge is 0.255 e. The fraction of sp³-hybridized carbons (Fsp3) is 0.700. The molecule has 0 N–H and O–H groups in total. The molecule has 0 bridgehead atoms. The Morgan fingerprint density at radius 1 is 0.459 bits per heavy atom. The number of nitrogens with zero attached hydrogens (tertiary/aromatic N) is 7. The lowest BCUT2D eigenvalue weighted by Gasteiger charge is -2.26. The van der Waals surface area contributed by atoms with Gasteiger partial charge in [-0.2, -0.15) is 15.3 Å². The second-order valence-electron chi connectivity index (χ2n) is 12.5. The molecule has 206 valence electrons. The molecule has 3 aromatic rings. The van der Waals surface area contributed by atoms with E-state index in [1.165, 1.54) is 17.1 Å². The predicted molar refractivity (Wildman–Crippen MR) is 153 cm³/mol. The Labute approximate surface area is 225 Å². The highest BCUT2D eigenvalue weighted by Gasteiger charge is 2.22. The van der Waals surface area contributed by atoms with Gasteiger partial charge in [-0.05, 0) is 53.7 Å². The van der Waals surface area contributed by atoms with Crippen molar-refractivity contribution in [1.29, 1.82) is 0 Å². The van der Waals surface area contributed by atoms with Crippen LogP contribution in [0.4, 0.5) is 0 Å². The lowest BCUT2D eigenvalue weighted by atomic mass is 10.1. The molecule has 0 aliphatic rings. The third kappa shape index (κ3) is 6.92. The summed E-state index contributed by atoms with van der Waals surface area (Å²) in [4.78, 5) is 2.43. The van der Waals surface area contributed by atoms with Gasteiger partial charge >= 0.3 is 0 Å². The summed E-state index contributed by atoms with van der Waals surface area (Å²) in [6.45, 7) is 28.8. The zero-order chi connectivity index (χ0) is 27.6. The number of hydrogen-bond acceptors (Lipinski definition) is 4. The van der Waals surface area contributed by atoms with Crippen LogP contribution in [0, 0.1) is 0 Å². The van der Waals surface area contributed by atoms with Crippen molar-refractivity contribution in [1.82, 2.24) is 34.2 Å². The monoisotopic (exact) mass is 509 g/mol. The molecule has 7 nitrogen and oxygen atoms in total.